The molecule has 2 aromatic carbocycles. The molecule has 0 amide bonds. The highest BCUT2D eigenvalue weighted by Gasteiger charge is 2.33. The number of ether oxygens (including phenoxy) is 1. The topological polar surface area (TPSA) is 127 Å². The fraction of sp³-hybridized carbons (Fsp3) is 0.200. The third-order valence-electron chi connectivity index (χ3n) is 6.40. The van der Waals surface area contributed by atoms with Crippen LogP contribution in [0.3, 0.4) is 0 Å². The Morgan fingerprint density at radius 1 is 0.590 bits per heavy atom. The van der Waals surface area contributed by atoms with Crippen molar-refractivity contribution in [3.8, 4) is 0 Å². The second-order valence-electron chi connectivity index (χ2n) is 8.77. The highest BCUT2D eigenvalue weighted by Crippen LogP contribution is 2.41. The number of benzene rings is 2. The number of rotatable bonds is 10. The van der Waals surface area contributed by atoms with Crippen molar-refractivity contribution in [3.63, 3.8) is 0 Å². The van der Waals surface area contributed by atoms with Crippen LogP contribution in [0.1, 0.15) is 36.2 Å². The maximum atomic E-state index is 11.0. The molecule has 0 heterocycles. The fourth-order valence-corrected chi connectivity index (χ4v) is 4.45. The maximum absolute atomic E-state index is 11.0. The molecule has 2 unspecified atom stereocenters. The van der Waals surface area contributed by atoms with Crippen LogP contribution in [0.25, 0.3) is 0 Å². The van der Waals surface area contributed by atoms with E-state index in [2.05, 4.69) is 20.0 Å². The van der Waals surface area contributed by atoms with Gasteiger partial charge in [0.25, 0.3) is 0 Å². The van der Waals surface area contributed by atoms with Gasteiger partial charge in [0, 0.05) is 12.8 Å². The van der Waals surface area contributed by atoms with Crippen LogP contribution in [0, 0.1) is 0 Å². The SMILES string of the molecule is O=C=NC1(N=C=O)C=CC(C(OC(C2=CCC(N=C=O)(N=C=O)C=C2)c2ccccc2)c2ccccc2)=CC1. The zero-order chi connectivity index (χ0) is 27.6. The highest BCUT2D eigenvalue weighted by atomic mass is 16.5. The molecule has 0 aromatic heterocycles. The van der Waals surface area contributed by atoms with Crippen LogP contribution in [0.2, 0.25) is 0 Å². The molecule has 0 bridgehead atoms. The summed E-state index contributed by atoms with van der Waals surface area (Å²) < 4.78 is 6.81. The Balaban J connectivity index is 1.74. The summed E-state index contributed by atoms with van der Waals surface area (Å²) in [5.74, 6) is 0. The van der Waals surface area contributed by atoms with Gasteiger partial charge in [-0.15, -0.1) is 0 Å². The first-order chi connectivity index (χ1) is 19.1. The zero-order valence-electron chi connectivity index (χ0n) is 20.6. The number of hydrogen-bond donors (Lipinski definition) is 0. The van der Waals surface area contributed by atoms with Crippen molar-refractivity contribution < 1.29 is 23.9 Å². The van der Waals surface area contributed by atoms with Crippen molar-refractivity contribution >= 4 is 24.3 Å². The molecule has 0 fully saturated rings. The molecule has 0 saturated carbocycles. The molecule has 0 aliphatic heterocycles. The molecule has 2 atom stereocenters. The largest absolute Gasteiger partial charge is 0.356 e. The monoisotopic (exact) mass is 518 g/mol. The van der Waals surface area contributed by atoms with Crippen LogP contribution in [0.5, 0.6) is 0 Å². The Bertz CT molecular complexity index is 1370. The Morgan fingerprint density at radius 2 is 0.949 bits per heavy atom. The minimum atomic E-state index is -1.39. The molecule has 2 aliphatic carbocycles. The second-order valence-corrected chi connectivity index (χ2v) is 8.77. The first-order valence-electron chi connectivity index (χ1n) is 12.0. The number of carbonyl (C=O) groups excluding carboxylic acids is 4. The molecule has 192 valence electrons. The molecule has 2 aliphatic rings. The fourth-order valence-electron chi connectivity index (χ4n) is 4.45. The number of nitrogens with zero attached hydrogens (tertiary/aromatic N) is 4. The summed E-state index contributed by atoms with van der Waals surface area (Å²) in [5, 5.41) is 0. The van der Waals surface area contributed by atoms with Gasteiger partial charge in [-0.05, 0) is 34.4 Å². The van der Waals surface area contributed by atoms with E-state index in [-0.39, 0.29) is 12.8 Å². The van der Waals surface area contributed by atoms with Gasteiger partial charge in [-0.25, -0.2) is 19.2 Å². The first kappa shape index (κ1) is 26.9. The molecule has 0 radical (unpaired) electrons. The van der Waals surface area contributed by atoms with Crippen molar-refractivity contribution in [2.24, 2.45) is 20.0 Å². The van der Waals surface area contributed by atoms with Crippen LogP contribution < -0.4 is 0 Å². The van der Waals surface area contributed by atoms with Crippen LogP contribution in [0.15, 0.2) is 128 Å². The van der Waals surface area contributed by atoms with Gasteiger partial charge < -0.3 is 4.74 Å². The molecule has 0 saturated heterocycles. The Hall–Kier alpha value is -5.12. The lowest BCUT2D eigenvalue weighted by molar-refractivity contribution is 0.0291. The van der Waals surface area contributed by atoms with Gasteiger partial charge in [0.15, 0.2) is 11.3 Å². The number of isocyanates is 4. The van der Waals surface area contributed by atoms with E-state index in [1.54, 1.807) is 24.3 Å². The smallest absolute Gasteiger partial charge is 0.237 e. The van der Waals surface area contributed by atoms with Crippen LogP contribution >= 0.6 is 0 Å². The van der Waals surface area contributed by atoms with Crippen molar-refractivity contribution in [2.45, 2.75) is 36.4 Å². The molecule has 9 nitrogen and oxygen atoms in total. The Labute approximate surface area is 224 Å². The third kappa shape index (κ3) is 6.24. The number of aliphatic imine (C=N–C) groups is 4. The third-order valence-corrected chi connectivity index (χ3v) is 6.40. The summed E-state index contributed by atoms with van der Waals surface area (Å²) in [6, 6.07) is 19.1. The molecule has 9 heteroatoms. The molecular weight excluding hydrogens is 496 g/mol. The van der Waals surface area contributed by atoms with E-state index in [4.69, 9.17) is 4.74 Å². The standard InChI is InChI=1S/C30H22N4O5/c35-19-31-29(32-20-36)15-11-25(12-16-29)27(23-7-3-1-4-8-23)39-28(24-9-5-2-6-10-24)26-13-17-30(18-14-26,33-21-37)34-22-38/h1-15,17,27-28H,16,18H2. The molecule has 39 heavy (non-hydrogen) atoms. The maximum Gasteiger partial charge on any atom is 0.237 e. The van der Waals surface area contributed by atoms with E-state index in [9.17, 15) is 19.2 Å². The normalized spacial score (nSPS) is 22.9. The predicted octanol–water partition coefficient (Wildman–Crippen LogP) is 4.99. The van der Waals surface area contributed by atoms with Gasteiger partial charge in [-0.2, -0.15) is 20.0 Å². The summed E-state index contributed by atoms with van der Waals surface area (Å²) in [4.78, 5) is 58.7. The summed E-state index contributed by atoms with van der Waals surface area (Å²) in [6.07, 6.45) is 15.2. The van der Waals surface area contributed by atoms with E-state index in [1.807, 2.05) is 72.8 Å². The summed E-state index contributed by atoms with van der Waals surface area (Å²) in [7, 11) is 0. The van der Waals surface area contributed by atoms with E-state index >= 15 is 0 Å². The lowest BCUT2D eigenvalue weighted by Gasteiger charge is -2.31. The quantitative estimate of drug-likeness (QED) is 0.323. The highest BCUT2D eigenvalue weighted by molar-refractivity contribution is 5.47. The first-order valence-corrected chi connectivity index (χ1v) is 12.0. The average molecular weight is 519 g/mol. The minimum Gasteiger partial charge on any atom is -0.356 e. The molecule has 0 N–H and O–H groups in total. The lowest BCUT2D eigenvalue weighted by Crippen LogP contribution is -2.25. The average Bonchev–Trinajstić information content (AvgIpc) is 2.97. The van der Waals surface area contributed by atoms with E-state index in [0.29, 0.717) is 0 Å². The molecular formula is C30H22N4O5. The van der Waals surface area contributed by atoms with Crippen molar-refractivity contribution in [1.82, 2.24) is 0 Å². The predicted molar refractivity (Wildman–Crippen MR) is 141 cm³/mol. The number of hydrogen-bond acceptors (Lipinski definition) is 9. The summed E-state index contributed by atoms with van der Waals surface area (Å²) in [6.45, 7) is 0. The van der Waals surface area contributed by atoms with Gasteiger partial charge in [-0.1, -0.05) is 85.0 Å². The van der Waals surface area contributed by atoms with Crippen molar-refractivity contribution in [2.75, 3.05) is 0 Å². The Morgan fingerprint density at radius 3 is 1.23 bits per heavy atom. The van der Waals surface area contributed by atoms with Crippen LogP contribution in [0.4, 0.5) is 0 Å². The van der Waals surface area contributed by atoms with E-state index in [1.165, 1.54) is 24.3 Å². The molecule has 0 spiro atoms. The Kier molecular flexibility index (Phi) is 8.57. The molecule has 2 aromatic rings. The van der Waals surface area contributed by atoms with Crippen molar-refractivity contribution in [1.29, 1.82) is 0 Å². The van der Waals surface area contributed by atoms with E-state index < -0.39 is 23.5 Å². The van der Waals surface area contributed by atoms with Gasteiger partial charge >= 0.3 is 0 Å². The minimum absolute atomic E-state index is 0.143. The van der Waals surface area contributed by atoms with Gasteiger partial charge in [-0.3, -0.25) is 0 Å². The second kappa shape index (κ2) is 12.4. The summed E-state index contributed by atoms with van der Waals surface area (Å²) in [5.41, 5.74) is 0.499. The van der Waals surface area contributed by atoms with Crippen LogP contribution in [-0.2, 0) is 23.9 Å². The molecule has 4 rings (SSSR count). The summed E-state index contributed by atoms with van der Waals surface area (Å²) >= 11 is 0. The van der Waals surface area contributed by atoms with Crippen LogP contribution in [-0.4, -0.2) is 35.6 Å². The van der Waals surface area contributed by atoms with Crippen molar-refractivity contribution in [3.05, 3.63) is 119 Å². The van der Waals surface area contributed by atoms with Gasteiger partial charge in [0.1, 0.15) is 12.2 Å². The van der Waals surface area contributed by atoms with E-state index in [0.717, 1.165) is 22.3 Å². The van der Waals surface area contributed by atoms with Gasteiger partial charge in [0.2, 0.25) is 24.3 Å². The zero-order valence-corrected chi connectivity index (χ0v) is 20.6. The lowest BCUT2D eigenvalue weighted by atomic mass is 9.89. The van der Waals surface area contributed by atoms with Gasteiger partial charge in [0.05, 0.1) is 0 Å².